The molecular formula is C13H14N6O. The van der Waals surface area contributed by atoms with Crippen LogP contribution in [0.4, 0.5) is 0 Å². The van der Waals surface area contributed by atoms with Crippen molar-refractivity contribution < 1.29 is 4.79 Å². The monoisotopic (exact) mass is 270 g/mol. The maximum absolute atomic E-state index is 12.2. The highest BCUT2D eigenvalue weighted by Crippen LogP contribution is 2.11. The van der Waals surface area contributed by atoms with Gasteiger partial charge >= 0.3 is 0 Å². The van der Waals surface area contributed by atoms with Gasteiger partial charge in [0.2, 0.25) is 0 Å². The van der Waals surface area contributed by atoms with E-state index in [1.54, 1.807) is 16.9 Å². The minimum Gasteiger partial charge on any atom is -0.347 e. The van der Waals surface area contributed by atoms with Gasteiger partial charge in [-0.25, -0.2) is 14.5 Å². The summed E-state index contributed by atoms with van der Waals surface area (Å²) in [5, 5.41) is 6.99. The molecule has 0 saturated heterocycles. The number of fused-ring (bicyclic) bond motifs is 1. The molecule has 1 amide bonds. The molecule has 7 heteroatoms. The first-order valence-corrected chi connectivity index (χ1v) is 6.23. The fraction of sp³-hybridized carbons (Fsp3) is 0.231. The van der Waals surface area contributed by atoms with E-state index in [1.807, 2.05) is 19.9 Å². The van der Waals surface area contributed by atoms with E-state index < -0.39 is 0 Å². The summed E-state index contributed by atoms with van der Waals surface area (Å²) >= 11 is 0. The number of aromatic nitrogens is 5. The summed E-state index contributed by atoms with van der Waals surface area (Å²) in [6, 6.07) is 1.92. The molecule has 0 aliphatic rings. The average Bonchev–Trinajstić information content (AvgIpc) is 3.04. The number of hydrogen-bond donors (Lipinski definition) is 2. The summed E-state index contributed by atoms with van der Waals surface area (Å²) in [5.41, 5.74) is 2.83. The van der Waals surface area contributed by atoms with Crippen LogP contribution in [0.15, 0.2) is 24.7 Å². The van der Waals surface area contributed by atoms with Gasteiger partial charge in [0.05, 0.1) is 12.7 Å². The van der Waals surface area contributed by atoms with E-state index in [0.29, 0.717) is 23.6 Å². The summed E-state index contributed by atoms with van der Waals surface area (Å²) < 4.78 is 1.66. The lowest BCUT2D eigenvalue weighted by molar-refractivity contribution is 0.0951. The van der Waals surface area contributed by atoms with Crippen molar-refractivity contribution in [1.82, 2.24) is 29.9 Å². The van der Waals surface area contributed by atoms with E-state index in [0.717, 1.165) is 11.4 Å². The van der Waals surface area contributed by atoms with Crippen LogP contribution in [-0.2, 0) is 6.54 Å². The van der Waals surface area contributed by atoms with Crippen LogP contribution in [0.5, 0.6) is 0 Å². The van der Waals surface area contributed by atoms with Crippen LogP contribution < -0.4 is 5.32 Å². The predicted octanol–water partition coefficient (Wildman–Crippen LogP) is 0.999. The van der Waals surface area contributed by atoms with Gasteiger partial charge in [-0.2, -0.15) is 5.10 Å². The number of amides is 1. The van der Waals surface area contributed by atoms with Gasteiger partial charge < -0.3 is 10.3 Å². The molecule has 3 aromatic rings. The Balaban J connectivity index is 1.88. The van der Waals surface area contributed by atoms with Crippen molar-refractivity contribution >= 4 is 11.6 Å². The van der Waals surface area contributed by atoms with E-state index in [2.05, 4.69) is 25.4 Å². The summed E-state index contributed by atoms with van der Waals surface area (Å²) in [6.07, 6.45) is 4.89. The molecule has 0 aliphatic heterocycles. The van der Waals surface area contributed by atoms with E-state index in [9.17, 15) is 4.79 Å². The van der Waals surface area contributed by atoms with Crippen molar-refractivity contribution in [2.45, 2.75) is 20.4 Å². The van der Waals surface area contributed by atoms with E-state index in [1.165, 1.54) is 6.20 Å². The zero-order valence-corrected chi connectivity index (χ0v) is 11.2. The smallest absolute Gasteiger partial charge is 0.257 e. The van der Waals surface area contributed by atoms with Crippen LogP contribution in [0, 0.1) is 13.8 Å². The molecular weight excluding hydrogens is 256 g/mol. The third-order valence-electron chi connectivity index (χ3n) is 2.99. The molecule has 0 atom stereocenters. The van der Waals surface area contributed by atoms with Gasteiger partial charge in [0.15, 0.2) is 5.65 Å². The summed E-state index contributed by atoms with van der Waals surface area (Å²) in [5.74, 6) is 0.490. The second kappa shape index (κ2) is 4.76. The summed E-state index contributed by atoms with van der Waals surface area (Å²) in [4.78, 5) is 23.6. The minimum atomic E-state index is -0.214. The molecule has 3 aromatic heterocycles. The highest BCUT2D eigenvalue weighted by molar-refractivity contribution is 5.99. The fourth-order valence-electron chi connectivity index (χ4n) is 2.08. The maximum Gasteiger partial charge on any atom is 0.257 e. The van der Waals surface area contributed by atoms with Crippen molar-refractivity contribution in [2.75, 3.05) is 0 Å². The molecule has 0 spiro atoms. The Hall–Kier alpha value is -2.70. The summed E-state index contributed by atoms with van der Waals surface area (Å²) in [7, 11) is 0. The van der Waals surface area contributed by atoms with Crippen molar-refractivity contribution in [2.24, 2.45) is 0 Å². The Labute approximate surface area is 115 Å². The Kier molecular flexibility index (Phi) is 2.94. The zero-order valence-electron chi connectivity index (χ0n) is 11.2. The van der Waals surface area contributed by atoms with Gasteiger partial charge in [-0.3, -0.25) is 4.79 Å². The van der Waals surface area contributed by atoms with Gasteiger partial charge in [-0.05, 0) is 19.9 Å². The lowest BCUT2D eigenvalue weighted by atomic mass is 10.3. The molecule has 0 aromatic carbocycles. The van der Waals surface area contributed by atoms with Crippen LogP contribution >= 0.6 is 0 Å². The van der Waals surface area contributed by atoms with E-state index in [4.69, 9.17) is 0 Å². The quantitative estimate of drug-likeness (QED) is 0.743. The van der Waals surface area contributed by atoms with E-state index in [-0.39, 0.29) is 5.91 Å². The standard InChI is InChI=1S/C13H14N6O/c1-8-5-9(2)19-12(18-8)10(6-17-19)13(20)16-7-11-14-3-4-15-11/h3-6H,7H2,1-2H3,(H,14,15)(H,16,20). The number of nitrogens with one attached hydrogen (secondary N) is 2. The molecule has 7 nitrogen and oxygen atoms in total. The average molecular weight is 270 g/mol. The Bertz CT molecular complexity index is 759. The number of nitrogens with zero attached hydrogens (tertiary/aromatic N) is 4. The second-order valence-electron chi connectivity index (χ2n) is 4.55. The van der Waals surface area contributed by atoms with Gasteiger partial charge in [-0.1, -0.05) is 0 Å². The van der Waals surface area contributed by atoms with Crippen LogP contribution in [0.3, 0.4) is 0 Å². The van der Waals surface area contributed by atoms with E-state index >= 15 is 0 Å². The van der Waals surface area contributed by atoms with Crippen molar-refractivity contribution in [3.05, 3.63) is 47.4 Å². The lowest BCUT2D eigenvalue weighted by Gasteiger charge is -2.03. The predicted molar refractivity (Wildman–Crippen MR) is 72.2 cm³/mol. The van der Waals surface area contributed by atoms with Gasteiger partial charge in [0, 0.05) is 23.8 Å². The number of H-pyrrole nitrogens is 1. The lowest BCUT2D eigenvalue weighted by Crippen LogP contribution is -2.23. The normalized spacial score (nSPS) is 10.9. The fourth-order valence-corrected chi connectivity index (χ4v) is 2.08. The molecule has 3 heterocycles. The van der Waals surface area contributed by atoms with Crippen molar-refractivity contribution in [3.8, 4) is 0 Å². The number of imidazole rings is 1. The Morgan fingerprint density at radius 2 is 2.30 bits per heavy atom. The highest BCUT2D eigenvalue weighted by Gasteiger charge is 2.15. The number of rotatable bonds is 3. The maximum atomic E-state index is 12.2. The largest absolute Gasteiger partial charge is 0.347 e. The number of carbonyl (C=O) groups is 1. The first-order chi connectivity index (χ1) is 9.65. The van der Waals surface area contributed by atoms with Crippen LogP contribution in [0.2, 0.25) is 0 Å². The second-order valence-corrected chi connectivity index (χ2v) is 4.55. The number of carbonyl (C=O) groups excluding carboxylic acids is 1. The molecule has 0 aliphatic carbocycles. The molecule has 2 N–H and O–H groups in total. The van der Waals surface area contributed by atoms with Crippen molar-refractivity contribution in [1.29, 1.82) is 0 Å². The molecule has 102 valence electrons. The first kappa shape index (κ1) is 12.3. The SMILES string of the molecule is Cc1cc(C)n2ncc(C(=O)NCc3ncc[nH]3)c2n1. The zero-order chi connectivity index (χ0) is 14.1. The number of aromatic amines is 1. The molecule has 0 saturated carbocycles. The third-order valence-corrected chi connectivity index (χ3v) is 2.99. The molecule has 20 heavy (non-hydrogen) atoms. The van der Waals surface area contributed by atoms with Gasteiger partial charge in [-0.15, -0.1) is 0 Å². The van der Waals surface area contributed by atoms with Crippen LogP contribution in [0.1, 0.15) is 27.6 Å². The molecule has 3 rings (SSSR count). The number of hydrogen-bond acceptors (Lipinski definition) is 4. The van der Waals surface area contributed by atoms with Gasteiger partial charge in [0.1, 0.15) is 11.4 Å². The topological polar surface area (TPSA) is 88.0 Å². The molecule has 0 bridgehead atoms. The third kappa shape index (κ3) is 2.13. The Morgan fingerprint density at radius 1 is 1.45 bits per heavy atom. The van der Waals surface area contributed by atoms with Crippen LogP contribution in [-0.4, -0.2) is 30.5 Å². The van der Waals surface area contributed by atoms with Crippen LogP contribution in [0.25, 0.3) is 5.65 Å². The molecule has 0 unspecified atom stereocenters. The molecule has 0 radical (unpaired) electrons. The first-order valence-electron chi connectivity index (χ1n) is 6.23. The molecule has 0 fully saturated rings. The summed E-state index contributed by atoms with van der Waals surface area (Å²) in [6.45, 7) is 4.16. The van der Waals surface area contributed by atoms with Crippen molar-refractivity contribution in [3.63, 3.8) is 0 Å². The Morgan fingerprint density at radius 3 is 3.05 bits per heavy atom. The minimum absolute atomic E-state index is 0.214. The number of aryl methyl sites for hydroxylation is 2. The highest BCUT2D eigenvalue weighted by atomic mass is 16.1. The van der Waals surface area contributed by atoms with Gasteiger partial charge in [0.25, 0.3) is 5.91 Å².